The molecule has 0 unspecified atom stereocenters. The van der Waals surface area contributed by atoms with Crippen LogP contribution in [0.15, 0.2) is 41.0 Å². The molecule has 1 aromatic heterocycles. The van der Waals surface area contributed by atoms with Crippen LogP contribution in [0.1, 0.15) is 60.0 Å². The molecule has 5 nitrogen and oxygen atoms in total. The number of hydrogen-bond acceptors (Lipinski definition) is 4. The van der Waals surface area contributed by atoms with Gasteiger partial charge in [0.2, 0.25) is 0 Å². The van der Waals surface area contributed by atoms with E-state index in [0.29, 0.717) is 17.5 Å². The van der Waals surface area contributed by atoms with E-state index in [0.717, 1.165) is 31.2 Å². The van der Waals surface area contributed by atoms with Gasteiger partial charge in [-0.15, -0.1) is 0 Å². The molecule has 126 valence electrons. The number of carbonyl (C=O) groups is 1. The first-order valence-electron chi connectivity index (χ1n) is 8.63. The molecule has 0 radical (unpaired) electrons. The van der Waals surface area contributed by atoms with Gasteiger partial charge in [0.1, 0.15) is 6.26 Å². The summed E-state index contributed by atoms with van der Waals surface area (Å²) < 4.78 is 5.44. The zero-order valence-corrected chi connectivity index (χ0v) is 13.6. The lowest BCUT2D eigenvalue weighted by Gasteiger charge is -2.47. The first-order chi connectivity index (χ1) is 11.7. The molecule has 1 heterocycles. The molecule has 2 aromatic rings. The summed E-state index contributed by atoms with van der Waals surface area (Å²) in [7, 11) is 0. The number of carbonyl (C=O) groups excluding carboxylic acids is 1. The van der Waals surface area contributed by atoms with Crippen LogP contribution in [0.4, 0.5) is 0 Å². The van der Waals surface area contributed by atoms with E-state index in [2.05, 4.69) is 10.3 Å². The van der Waals surface area contributed by atoms with Crippen molar-refractivity contribution in [3.63, 3.8) is 0 Å². The smallest absolute Gasteiger partial charge is 0.273 e. The molecule has 0 spiro atoms. The van der Waals surface area contributed by atoms with Gasteiger partial charge in [0.15, 0.2) is 11.6 Å². The van der Waals surface area contributed by atoms with E-state index in [1.54, 1.807) is 0 Å². The van der Waals surface area contributed by atoms with Gasteiger partial charge in [-0.1, -0.05) is 36.8 Å². The molecule has 0 bridgehead atoms. The number of nitrogens with zero attached hydrogens (tertiary/aromatic N) is 1. The summed E-state index contributed by atoms with van der Waals surface area (Å²) >= 11 is 0. The van der Waals surface area contributed by atoms with E-state index in [-0.39, 0.29) is 24.0 Å². The maximum absolute atomic E-state index is 12.3. The van der Waals surface area contributed by atoms with Crippen molar-refractivity contribution in [3.8, 4) is 0 Å². The molecule has 24 heavy (non-hydrogen) atoms. The Morgan fingerprint density at radius 3 is 2.67 bits per heavy atom. The summed E-state index contributed by atoms with van der Waals surface area (Å²) in [6.07, 6.45) is 6.34. The molecular formula is C19H22N2O3. The molecule has 1 aromatic carbocycles. The topological polar surface area (TPSA) is 75.4 Å². The van der Waals surface area contributed by atoms with E-state index < -0.39 is 0 Å². The first-order valence-corrected chi connectivity index (χ1v) is 8.63. The van der Waals surface area contributed by atoms with Crippen LogP contribution >= 0.6 is 0 Å². The Hall–Kier alpha value is -2.14. The van der Waals surface area contributed by atoms with Gasteiger partial charge >= 0.3 is 0 Å². The number of benzene rings is 1. The van der Waals surface area contributed by atoms with Gasteiger partial charge in [-0.2, -0.15) is 0 Å². The molecule has 2 aliphatic rings. The minimum atomic E-state index is -0.236. The van der Waals surface area contributed by atoms with E-state index >= 15 is 0 Å². The summed E-state index contributed by atoms with van der Waals surface area (Å²) in [4.78, 5) is 16.7. The van der Waals surface area contributed by atoms with Crippen LogP contribution in [0.2, 0.25) is 0 Å². The molecule has 0 aliphatic heterocycles. The second-order valence-corrected chi connectivity index (χ2v) is 7.08. The zero-order valence-electron chi connectivity index (χ0n) is 13.6. The second kappa shape index (κ2) is 6.06. The fourth-order valence-corrected chi connectivity index (χ4v) is 3.73. The number of rotatable bonds is 5. The lowest BCUT2D eigenvalue weighted by Crippen LogP contribution is -2.55. The molecule has 2 aliphatic carbocycles. The Bertz CT molecular complexity index is 715. The molecule has 0 saturated heterocycles. The van der Waals surface area contributed by atoms with E-state index in [4.69, 9.17) is 4.42 Å². The van der Waals surface area contributed by atoms with Gasteiger partial charge < -0.3 is 14.8 Å². The monoisotopic (exact) mass is 326 g/mol. The van der Waals surface area contributed by atoms with Gasteiger partial charge in [-0.3, -0.25) is 4.79 Å². The standard InChI is InChI=1S/C19H22N2O3/c22-12-19(14-7-2-1-3-8-14)9-15(10-19)20-17(23)16-11-24-18(21-16)13-5-4-6-13/h1-3,7-8,11,13,15,22H,4-6,9-10,12H2,(H,20,23). The zero-order chi connectivity index (χ0) is 16.6. The largest absolute Gasteiger partial charge is 0.448 e. The summed E-state index contributed by atoms with van der Waals surface area (Å²) in [5.41, 5.74) is 1.25. The van der Waals surface area contributed by atoms with Crippen molar-refractivity contribution in [3.05, 3.63) is 53.7 Å². The molecular weight excluding hydrogens is 304 g/mol. The Kier molecular flexibility index (Phi) is 3.88. The van der Waals surface area contributed by atoms with Crippen LogP contribution in [-0.2, 0) is 5.41 Å². The van der Waals surface area contributed by atoms with Crippen molar-refractivity contribution in [1.82, 2.24) is 10.3 Å². The van der Waals surface area contributed by atoms with Crippen LogP contribution in [0.5, 0.6) is 0 Å². The Balaban J connectivity index is 1.37. The average Bonchev–Trinajstić information content (AvgIpc) is 2.99. The number of nitrogens with one attached hydrogen (secondary N) is 1. The van der Waals surface area contributed by atoms with Crippen LogP contribution in [0, 0.1) is 0 Å². The van der Waals surface area contributed by atoms with Gasteiger partial charge in [-0.25, -0.2) is 4.98 Å². The highest BCUT2D eigenvalue weighted by atomic mass is 16.3. The van der Waals surface area contributed by atoms with E-state index in [9.17, 15) is 9.90 Å². The first kappa shape index (κ1) is 15.4. The summed E-state index contributed by atoms with van der Waals surface area (Å²) in [5.74, 6) is 0.887. The van der Waals surface area contributed by atoms with Crippen molar-refractivity contribution in [2.24, 2.45) is 0 Å². The van der Waals surface area contributed by atoms with E-state index in [1.807, 2.05) is 30.3 Å². The Labute approximate surface area is 141 Å². The molecule has 5 heteroatoms. The maximum atomic E-state index is 12.3. The Morgan fingerprint density at radius 1 is 1.29 bits per heavy atom. The van der Waals surface area contributed by atoms with Crippen LogP contribution in [0.3, 0.4) is 0 Å². The van der Waals surface area contributed by atoms with Gasteiger partial charge in [0.25, 0.3) is 5.91 Å². The summed E-state index contributed by atoms with van der Waals surface area (Å²) in [6.45, 7) is 0.0964. The predicted molar refractivity (Wildman–Crippen MR) is 88.8 cm³/mol. The quantitative estimate of drug-likeness (QED) is 0.886. The lowest BCUT2D eigenvalue weighted by atomic mass is 9.62. The highest BCUT2D eigenvalue weighted by molar-refractivity contribution is 5.92. The molecule has 0 atom stereocenters. The number of oxazole rings is 1. The van der Waals surface area contributed by atoms with Crippen molar-refractivity contribution in [2.75, 3.05) is 6.61 Å². The van der Waals surface area contributed by atoms with Crippen molar-refractivity contribution in [2.45, 2.75) is 49.5 Å². The highest BCUT2D eigenvalue weighted by Gasteiger charge is 2.45. The van der Waals surface area contributed by atoms with Crippen molar-refractivity contribution < 1.29 is 14.3 Å². The minimum absolute atomic E-state index is 0.0636. The van der Waals surface area contributed by atoms with Gasteiger partial charge in [-0.05, 0) is 31.2 Å². The van der Waals surface area contributed by atoms with Crippen LogP contribution in [0.25, 0.3) is 0 Å². The van der Waals surface area contributed by atoms with Crippen molar-refractivity contribution >= 4 is 5.91 Å². The number of aliphatic hydroxyl groups excluding tert-OH is 1. The average molecular weight is 326 g/mol. The van der Waals surface area contributed by atoms with Gasteiger partial charge in [0.05, 0.1) is 6.61 Å². The third-order valence-electron chi connectivity index (χ3n) is 5.51. The van der Waals surface area contributed by atoms with E-state index in [1.165, 1.54) is 12.7 Å². The molecule has 4 rings (SSSR count). The van der Waals surface area contributed by atoms with Gasteiger partial charge in [0, 0.05) is 17.4 Å². The van der Waals surface area contributed by atoms with Crippen LogP contribution in [-0.4, -0.2) is 28.6 Å². The summed E-state index contributed by atoms with van der Waals surface area (Å²) in [6, 6.07) is 10.1. The maximum Gasteiger partial charge on any atom is 0.273 e. The lowest BCUT2D eigenvalue weighted by molar-refractivity contribution is 0.0697. The fraction of sp³-hybridized carbons (Fsp3) is 0.474. The van der Waals surface area contributed by atoms with Crippen molar-refractivity contribution in [1.29, 1.82) is 0 Å². The number of aromatic nitrogens is 1. The summed E-state index contributed by atoms with van der Waals surface area (Å²) in [5, 5.41) is 12.8. The number of aliphatic hydroxyl groups is 1. The SMILES string of the molecule is O=C(NC1CC(CO)(c2ccccc2)C1)c1coc(C2CCC2)n1. The fourth-order valence-electron chi connectivity index (χ4n) is 3.73. The third kappa shape index (κ3) is 2.63. The molecule has 2 saturated carbocycles. The predicted octanol–water partition coefficient (Wildman–Crippen LogP) is 2.76. The number of hydrogen-bond donors (Lipinski definition) is 2. The second-order valence-electron chi connectivity index (χ2n) is 7.08. The molecule has 1 amide bonds. The highest BCUT2D eigenvalue weighted by Crippen LogP contribution is 2.43. The molecule has 2 fully saturated rings. The molecule has 2 N–H and O–H groups in total. The van der Waals surface area contributed by atoms with Crippen LogP contribution < -0.4 is 5.32 Å². The normalized spacial score (nSPS) is 26.5. The minimum Gasteiger partial charge on any atom is -0.448 e. The number of amides is 1. The third-order valence-corrected chi connectivity index (χ3v) is 5.51. The Morgan fingerprint density at radius 2 is 2.04 bits per heavy atom.